The van der Waals surface area contributed by atoms with Crippen LogP contribution in [0.1, 0.15) is 25.5 Å². The van der Waals surface area contributed by atoms with Crippen molar-refractivity contribution in [2.45, 2.75) is 36.8 Å². The number of aromatic nitrogens is 2. The van der Waals surface area contributed by atoms with Crippen molar-refractivity contribution in [3.8, 4) is 5.69 Å². The second-order valence-electron chi connectivity index (χ2n) is 7.65. The Hall–Kier alpha value is -3.79. The molecule has 2 amide bonds. The fourth-order valence-corrected chi connectivity index (χ4v) is 4.12. The van der Waals surface area contributed by atoms with Crippen molar-refractivity contribution in [2.75, 3.05) is 10.6 Å². The van der Waals surface area contributed by atoms with Crippen molar-refractivity contribution in [2.24, 2.45) is 7.05 Å². The molecule has 0 aliphatic carbocycles. The second-order valence-corrected chi connectivity index (χ2v) is 9.07. The van der Waals surface area contributed by atoms with Crippen LogP contribution >= 0.6 is 11.8 Å². The summed E-state index contributed by atoms with van der Waals surface area (Å²) in [6.07, 6.45) is -0.336. The van der Waals surface area contributed by atoms with Crippen molar-refractivity contribution >= 4 is 40.9 Å². The summed E-state index contributed by atoms with van der Waals surface area (Å²) in [6.45, 7) is 3.52. The van der Waals surface area contributed by atoms with Crippen LogP contribution < -0.4 is 16.2 Å². The van der Waals surface area contributed by atoms with Gasteiger partial charge in [-0.15, -0.1) is 11.8 Å². The Bertz CT molecular complexity index is 1250. The Morgan fingerprint density at radius 2 is 1.65 bits per heavy atom. The van der Waals surface area contributed by atoms with Gasteiger partial charge in [0.1, 0.15) is 5.69 Å². The van der Waals surface area contributed by atoms with Crippen LogP contribution in [0.15, 0.2) is 64.3 Å². The maximum absolute atomic E-state index is 13.0. The Morgan fingerprint density at radius 1 is 1.00 bits per heavy atom. The molecule has 10 heteroatoms. The monoisotopic (exact) mass is 482 g/mol. The first-order valence-electron chi connectivity index (χ1n) is 10.6. The number of benzene rings is 2. The second kappa shape index (κ2) is 10.9. The van der Waals surface area contributed by atoms with Gasteiger partial charge >= 0.3 is 5.97 Å². The highest BCUT2D eigenvalue weighted by molar-refractivity contribution is 8.00. The van der Waals surface area contributed by atoms with E-state index in [1.807, 2.05) is 30.3 Å². The largest absolute Gasteiger partial charge is 0.481 e. The van der Waals surface area contributed by atoms with E-state index in [-0.39, 0.29) is 35.9 Å². The van der Waals surface area contributed by atoms with Gasteiger partial charge in [0.05, 0.1) is 23.1 Å². The predicted octanol–water partition coefficient (Wildman–Crippen LogP) is 3.41. The summed E-state index contributed by atoms with van der Waals surface area (Å²) in [7, 11) is 1.76. The zero-order valence-electron chi connectivity index (χ0n) is 19.1. The molecule has 2 aromatic carbocycles. The van der Waals surface area contributed by atoms with Crippen LogP contribution in [0.2, 0.25) is 0 Å². The smallest absolute Gasteiger partial charge is 0.303 e. The molecular formula is C24H26N4O5S. The third-order valence-electron chi connectivity index (χ3n) is 5.19. The summed E-state index contributed by atoms with van der Waals surface area (Å²) in [5, 5.41) is 13.6. The van der Waals surface area contributed by atoms with Gasteiger partial charge in [0.25, 0.3) is 5.56 Å². The zero-order chi connectivity index (χ0) is 24.8. The highest BCUT2D eigenvalue weighted by atomic mass is 32.2. The number of carbonyl (C=O) groups is 3. The van der Waals surface area contributed by atoms with E-state index in [2.05, 4.69) is 10.6 Å². The van der Waals surface area contributed by atoms with E-state index in [1.165, 1.54) is 16.4 Å². The van der Waals surface area contributed by atoms with Gasteiger partial charge < -0.3 is 15.7 Å². The van der Waals surface area contributed by atoms with Crippen molar-refractivity contribution < 1.29 is 19.5 Å². The van der Waals surface area contributed by atoms with Crippen LogP contribution in [0.5, 0.6) is 0 Å². The number of hydrogen-bond acceptors (Lipinski definition) is 5. The van der Waals surface area contributed by atoms with E-state index >= 15 is 0 Å². The molecule has 3 rings (SSSR count). The lowest BCUT2D eigenvalue weighted by atomic mass is 10.2. The number of amides is 2. The number of aliphatic carboxylic acids is 1. The molecule has 0 fully saturated rings. The van der Waals surface area contributed by atoms with Crippen molar-refractivity contribution in [3.63, 3.8) is 0 Å². The van der Waals surface area contributed by atoms with Crippen LogP contribution in [0.4, 0.5) is 11.4 Å². The van der Waals surface area contributed by atoms with Crippen LogP contribution in [-0.4, -0.2) is 37.5 Å². The molecule has 0 spiro atoms. The molecule has 1 aromatic heterocycles. The number of hydrogen-bond donors (Lipinski definition) is 3. The van der Waals surface area contributed by atoms with Gasteiger partial charge in [-0.1, -0.05) is 18.2 Å². The maximum atomic E-state index is 13.0. The van der Waals surface area contributed by atoms with Crippen LogP contribution in [0.25, 0.3) is 5.69 Å². The molecule has 1 atom stereocenters. The summed E-state index contributed by atoms with van der Waals surface area (Å²) in [4.78, 5) is 48.9. The van der Waals surface area contributed by atoms with E-state index < -0.39 is 11.2 Å². The van der Waals surface area contributed by atoms with E-state index in [9.17, 15) is 19.2 Å². The molecule has 1 unspecified atom stereocenters. The Balaban J connectivity index is 1.64. The quantitative estimate of drug-likeness (QED) is 0.402. The van der Waals surface area contributed by atoms with Gasteiger partial charge in [0.15, 0.2) is 0 Å². The first-order valence-corrected chi connectivity index (χ1v) is 11.5. The Labute approximate surface area is 200 Å². The van der Waals surface area contributed by atoms with Gasteiger partial charge in [-0.05, 0) is 50.2 Å². The van der Waals surface area contributed by atoms with Gasteiger partial charge in [-0.2, -0.15) is 0 Å². The average molecular weight is 483 g/mol. The number of nitrogens with one attached hydrogen (secondary N) is 2. The molecule has 0 aliphatic heterocycles. The molecule has 0 aliphatic rings. The van der Waals surface area contributed by atoms with E-state index in [0.717, 1.165) is 4.90 Å². The molecule has 9 nitrogen and oxygen atoms in total. The number of carbonyl (C=O) groups excluding carboxylic acids is 2. The van der Waals surface area contributed by atoms with Gasteiger partial charge in [0, 0.05) is 24.1 Å². The lowest BCUT2D eigenvalue weighted by Crippen LogP contribution is -2.27. The third-order valence-corrected chi connectivity index (χ3v) is 6.30. The first kappa shape index (κ1) is 24.8. The molecule has 1 heterocycles. The van der Waals surface area contributed by atoms with Gasteiger partial charge in [-0.3, -0.25) is 23.9 Å². The van der Waals surface area contributed by atoms with Crippen molar-refractivity contribution in [1.82, 2.24) is 9.36 Å². The number of rotatable bonds is 9. The van der Waals surface area contributed by atoms with Crippen LogP contribution in [0.3, 0.4) is 0 Å². The lowest BCUT2D eigenvalue weighted by Gasteiger charge is -2.12. The van der Waals surface area contributed by atoms with Crippen LogP contribution in [-0.2, 0) is 21.4 Å². The fraction of sp³-hybridized carbons (Fsp3) is 0.250. The maximum Gasteiger partial charge on any atom is 0.303 e. The molecular weight excluding hydrogens is 456 g/mol. The first-order chi connectivity index (χ1) is 16.2. The summed E-state index contributed by atoms with van der Waals surface area (Å²) in [5.41, 5.74) is 1.82. The molecule has 0 radical (unpaired) electrons. The van der Waals surface area contributed by atoms with E-state index in [1.54, 1.807) is 49.8 Å². The Kier molecular flexibility index (Phi) is 7.95. The van der Waals surface area contributed by atoms with Crippen molar-refractivity contribution in [1.29, 1.82) is 0 Å². The van der Waals surface area contributed by atoms with Gasteiger partial charge in [0.2, 0.25) is 11.8 Å². The van der Waals surface area contributed by atoms with E-state index in [0.29, 0.717) is 17.1 Å². The minimum Gasteiger partial charge on any atom is -0.481 e. The average Bonchev–Trinajstić information content (AvgIpc) is 3.02. The molecule has 3 aromatic rings. The lowest BCUT2D eigenvalue weighted by molar-refractivity contribution is -0.138. The summed E-state index contributed by atoms with van der Waals surface area (Å²) in [5.74, 6) is -1.71. The molecule has 0 bridgehead atoms. The topological polar surface area (TPSA) is 122 Å². The molecule has 0 saturated heterocycles. The van der Waals surface area contributed by atoms with Gasteiger partial charge in [-0.25, -0.2) is 4.68 Å². The molecule has 3 N–H and O–H groups in total. The minimum atomic E-state index is -1.03. The number of thioether (sulfide) groups is 1. The highest BCUT2D eigenvalue weighted by Crippen LogP contribution is 2.26. The standard InChI is InChI=1S/C24H26N4O5S/c1-15-22(24(33)28(27(15)3)18-7-5-4-6-8-18)26-23(32)16(2)34-19-11-9-17(10-12-19)25-20(29)13-14-21(30)31/h4-12,16H,13-14H2,1-3H3,(H,25,29)(H,26,32)(H,30,31). The summed E-state index contributed by atoms with van der Waals surface area (Å²) >= 11 is 1.31. The molecule has 178 valence electrons. The van der Waals surface area contributed by atoms with Crippen LogP contribution in [0, 0.1) is 6.92 Å². The Morgan fingerprint density at radius 3 is 2.26 bits per heavy atom. The molecule has 34 heavy (non-hydrogen) atoms. The third kappa shape index (κ3) is 5.96. The number of carboxylic acids is 1. The van der Waals surface area contributed by atoms with Crippen molar-refractivity contribution in [3.05, 3.63) is 70.6 Å². The molecule has 0 saturated carbocycles. The summed E-state index contributed by atoms with van der Waals surface area (Å²) in [6, 6.07) is 16.1. The number of para-hydroxylation sites is 1. The number of carboxylic acid groups (broad SMARTS) is 1. The minimum absolute atomic E-state index is 0.103. The summed E-state index contributed by atoms with van der Waals surface area (Å²) < 4.78 is 3.21. The number of nitrogens with zero attached hydrogens (tertiary/aromatic N) is 2. The normalized spacial score (nSPS) is 11.6. The number of anilines is 2. The highest BCUT2D eigenvalue weighted by Gasteiger charge is 2.21. The predicted molar refractivity (Wildman–Crippen MR) is 132 cm³/mol. The zero-order valence-corrected chi connectivity index (χ0v) is 19.9. The fourth-order valence-electron chi connectivity index (χ4n) is 3.26. The SMILES string of the molecule is Cc1c(NC(=O)C(C)Sc2ccc(NC(=O)CCC(=O)O)cc2)c(=O)n(-c2ccccc2)n1C. The van der Waals surface area contributed by atoms with E-state index in [4.69, 9.17) is 5.11 Å².